The van der Waals surface area contributed by atoms with Gasteiger partial charge in [-0.25, -0.2) is 9.97 Å². The van der Waals surface area contributed by atoms with E-state index in [0.29, 0.717) is 33.7 Å². The summed E-state index contributed by atoms with van der Waals surface area (Å²) in [6.45, 7) is 6.90. The summed E-state index contributed by atoms with van der Waals surface area (Å²) in [4.78, 5) is 32.1. The van der Waals surface area contributed by atoms with Crippen LogP contribution in [-0.4, -0.2) is 37.1 Å². The van der Waals surface area contributed by atoms with Gasteiger partial charge in [-0.2, -0.15) is 4.98 Å². The number of anilines is 1. The molecule has 3 heterocycles. The molecule has 3 aromatic heterocycles. The number of aromatic nitrogens is 5. The quantitative estimate of drug-likeness (QED) is 0.352. The third-order valence-electron chi connectivity index (χ3n) is 6.86. The van der Waals surface area contributed by atoms with Crippen molar-refractivity contribution in [1.29, 1.82) is 0 Å². The van der Waals surface area contributed by atoms with Gasteiger partial charge in [-0.15, -0.1) is 0 Å². The number of nitrogens with zero attached hydrogens (tertiary/aromatic N) is 5. The lowest BCUT2D eigenvalue weighted by Gasteiger charge is -2.29. The maximum atomic E-state index is 14.1. The molecule has 1 aromatic carbocycles. The van der Waals surface area contributed by atoms with E-state index >= 15 is 0 Å². The Labute approximate surface area is 221 Å². The standard InChI is InChI=1S/C28H32ClN7O/c1-16(2)12-32-28-33-14-19-10-23(27(37)36(26(19)35-28)21-7-5-20(30)6-8-21)22-9-4-18(11-24(22)29)25-15-31-13-17(3)34-25/h4,9-11,13-16,20-21H,5-8,12,30H2,1-3H3,(H,32,33,35). The summed E-state index contributed by atoms with van der Waals surface area (Å²) in [6.07, 6.45) is 8.61. The molecule has 0 bridgehead atoms. The van der Waals surface area contributed by atoms with Gasteiger partial charge in [0.15, 0.2) is 0 Å². The Morgan fingerprint density at radius 2 is 1.86 bits per heavy atom. The highest BCUT2D eigenvalue weighted by Gasteiger charge is 2.25. The molecule has 0 unspecified atom stereocenters. The van der Waals surface area contributed by atoms with Crippen LogP contribution >= 0.6 is 11.6 Å². The molecule has 5 rings (SSSR count). The second-order valence-corrected chi connectivity index (χ2v) is 10.7. The van der Waals surface area contributed by atoms with Crippen LogP contribution in [0.15, 0.2) is 47.7 Å². The van der Waals surface area contributed by atoms with Crippen molar-refractivity contribution in [1.82, 2.24) is 24.5 Å². The lowest BCUT2D eigenvalue weighted by atomic mass is 9.91. The number of benzene rings is 1. The van der Waals surface area contributed by atoms with Gasteiger partial charge in [0.2, 0.25) is 5.95 Å². The molecule has 1 fully saturated rings. The molecule has 3 N–H and O–H groups in total. The Hall–Kier alpha value is -3.36. The average Bonchev–Trinajstić information content (AvgIpc) is 2.88. The van der Waals surface area contributed by atoms with Gasteiger partial charge in [-0.1, -0.05) is 37.6 Å². The average molecular weight is 518 g/mol. The molecule has 0 saturated heterocycles. The first-order valence-corrected chi connectivity index (χ1v) is 13.2. The Kier molecular flexibility index (Phi) is 7.22. The van der Waals surface area contributed by atoms with Gasteiger partial charge in [-0.3, -0.25) is 14.3 Å². The predicted molar refractivity (Wildman–Crippen MR) is 149 cm³/mol. The lowest BCUT2D eigenvalue weighted by molar-refractivity contribution is 0.324. The number of hydrogen-bond acceptors (Lipinski definition) is 7. The first-order chi connectivity index (χ1) is 17.8. The first kappa shape index (κ1) is 25.3. The molecule has 0 amide bonds. The van der Waals surface area contributed by atoms with Crippen molar-refractivity contribution < 1.29 is 0 Å². The number of hydrogen-bond donors (Lipinski definition) is 2. The van der Waals surface area contributed by atoms with E-state index in [1.54, 1.807) is 18.6 Å². The van der Waals surface area contributed by atoms with E-state index in [-0.39, 0.29) is 17.6 Å². The summed E-state index contributed by atoms with van der Waals surface area (Å²) in [5.41, 5.74) is 10.3. The molecule has 0 atom stereocenters. The number of pyridine rings is 1. The zero-order valence-electron chi connectivity index (χ0n) is 21.4. The highest BCUT2D eigenvalue weighted by molar-refractivity contribution is 6.33. The Morgan fingerprint density at radius 1 is 1.08 bits per heavy atom. The molecule has 9 heteroatoms. The summed E-state index contributed by atoms with van der Waals surface area (Å²) in [6, 6.07) is 7.68. The molecule has 0 radical (unpaired) electrons. The van der Waals surface area contributed by atoms with Crippen molar-refractivity contribution in [2.24, 2.45) is 11.7 Å². The van der Waals surface area contributed by atoms with Crippen LogP contribution < -0.4 is 16.6 Å². The molecule has 0 aliphatic heterocycles. The number of aryl methyl sites for hydroxylation is 1. The van der Waals surface area contributed by atoms with Gasteiger partial charge in [0, 0.05) is 58.1 Å². The van der Waals surface area contributed by atoms with Gasteiger partial charge in [0.1, 0.15) is 5.65 Å². The fourth-order valence-electron chi connectivity index (χ4n) is 4.89. The van der Waals surface area contributed by atoms with E-state index in [1.807, 2.05) is 35.8 Å². The molecule has 1 aliphatic carbocycles. The van der Waals surface area contributed by atoms with Crippen LogP contribution in [0.4, 0.5) is 5.95 Å². The van der Waals surface area contributed by atoms with Crippen LogP contribution in [0.5, 0.6) is 0 Å². The molecule has 1 saturated carbocycles. The van der Waals surface area contributed by atoms with Crippen LogP contribution in [0.3, 0.4) is 0 Å². The number of nitrogens with two attached hydrogens (primary N) is 1. The predicted octanol–water partition coefficient (Wildman–Crippen LogP) is 5.39. The van der Waals surface area contributed by atoms with Crippen molar-refractivity contribution in [2.45, 2.75) is 58.5 Å². The molecule has 4 aromatic rings. The Balaban J connectivity index is 1.63. The number of nitrogens with one attached hydrogen (secondary N) is 1. The number of rotatable bonds is 6. The van der Waals surface area contributed by atoms with Gasteiger partial charge in [0.25, 0.3) is 5.56 Å². The minimum absolute atomic E-state index is 0.0169. The second kappa shape index (κ2) is 10.6. The summed E-state index contributed by atoms with van der Waals surface area (Å²) >= 11 is 6.78. The normalized spacial score (nSPS) is 17.9. The van der Waals surface area contributed by atoms with E-state index in [2.05, 4.69) is 34.1 Å². The molecular formula is C28H32ClN7O. The van der Waals surface area contributed by atoms with Crippen molar-refractivity contribution >= 4 is 28.6 Å². The van der Waals surface area contributed by atoms with Crippen LogP contribution in [0.25, 0.3) is 33.4 Å². The maximum Gasteiger partial charge on any atom is 0.260 e. The third kappa shape index (κ3) is 5.36. The zero-order chi connectivity index (χ0) is 26.1. The molecule has 0 spiro atoms. The van der Waals surface area contributed by atoms with E-state index in [4.69, 9.17) is 22.3 Å². The maximum absolute atomic E-state index is 14.1. The van der Waals surface area contributed by atoms with Crippen molar-refractivity contribution in [2.75, 3.05) is 11.9 Å². The smallest absolute Gasteiger partial charge is 0.260 e. The summed E-state index contributed by atoms with van der Waals surface area (Å²) < 4.78 is 1.84. The molecule has 8 nitrogen and oxygen atoms in total. The van der Waals surface area contributed by atoms with E-state index in [0.717, 1.165) is 54.6 Å². The van der Waals surface area contributed by atoms with Gasteiger partial charge in [-0.05, 0) is 50.7 Å². The molecular weight excluding hydrogens is 486 g/mol. The molecule has 192 valence electrons. The fraction of sp³-hybridized carbons (Fsp3) is 0.393. The molecule has 1 aliphatic rings. The van der Waals surface area contributed by atoms with E-state index in [9.17, 15) is 4.79 Å². The Morgan fingerprint density at radius 3 is 2.57 bits per heavy atom. The fourth-order valence-corrected chi connectivity index (χ4v) is 5.17. The summed E-state index contributed by atoms with van der Waals surface area (Å²) in [5.74, 6) is 0.968. The van der Waals surface area contributed by atoms with Crippen molar-refractivity contribution in [3.8, 4) is 22.4 Å². The van der Waals surface area contributed by atoms with Crippen LogP contribution in [0.1, 0.15) is 51.3 Å². The first-order valence-electron chi connectivity index (χ1n) is 12.8. The SMILES string of the molecule is Cc1cncc(-c2ccc(-c3cc4cnc(NCC(C)C)nc4n(C4CCC(N)CC4)c3=O)c(Cl)c2)n1. The number of halogens is 1. The highest BCUT2D eigenvalue weighted by Crippen LogP contribution is 2.34. The largest absolute Gasteiger partial charge is 0.354 e. The monoisotopic (exact) mass is 517 g/mol. The Bertz CT molecular complexity index is 1490. The van der Waals surface area contributed by atoms with Gasteiger partial charge < -0.3 is 11.1 Å². The highest BCUT2D eigenvalue weighted by atomic mass is 35.5. The summed E-state index contributed by atoms with van der Waals surface area (Å²) in [7, 11) is 0. The summed E-state index contributed by atoms with van der Waals surface area (Å²) in [5, 5.41) is 4.56. The van der Waals surface area contributed by atoms with Crippen LogP contribution in [0.2, 0.25) is 5.02 Å². The van der Waals surface area contributed by atoms with Crippen LogP contribution in [-0.2, 0) is 0 Å². The van der Waals surface area contributed by atoms with Crippen molar-refractivity contribution in [3.05, 3.63) is 63.9 Å². The van der Waals surface area contributed by atoms with Gasteiger partial charge >= 0.3 is 0 Å². The van der Waals surface area contributed by atoms with Crippen molar-refractivity contribution in [3.63, 3.8) is 0 Å². The zero-order valence-corrected chi connectivity index (χ0v) is 22.2. The minimum atomic E-state index is -0.105. The van der Waals surface area contributed by atoms with Crippen LogP contribution in [0, 0.1) is 12.8 Å². The lowest BCUT2D eigenvalue weighted by Crippen LogP contribution is -2.33. The van der Waals surface area contributed by atoms with E-state index < -0.39 is 0 Å². The minimum Gasteiger partial charge on any atom is -0.354 e. The number of fused-ring (bicyclic) bond motifs is 1. The third-order valence-corrected chi connectivity index (χ3v) is 7.17. The molecule has 37 heavy (non-hydrogen) atoms. The van der Waals surface area contributed by atoms with E-state index in [1.165, 1.54) is 0 Å². The topological polar surface area (TPSA) is 112 Å². The second-order valence-electron chi connectivity index (χ2n) is 10.3. The van der Waals surface area contributed by atoms with Gasteiger partial charge in [0.05, 0.1) is 17.6 Å².